The van der Waals surface area contributed by atoms with E-state index in [9.17, 15) is 14.3 Å². The van der Waals surface area contributed by atoms with Crippen LogP contribution in [0, 0.1) is 25.1 Å². The second kappa shape index (κ2) is 7.61. The fraction of sp³-hybridized carbons (Fsp3) is 0.278. The molecule has 1 aromatic heterocycles. The molecule has 4 nitrogen and oxygen atoms in total. The largest absolute Gasteiger partial charge is 0.503 e. The fourth-order valence-electron chi connectivity index (χ4n) is 2.35. The number of rotatable bonds is 6. The topological polar surface area (TPSA) is 45.5 Å². The third-order valence-electron chi connectivity index (χ3n) is 3.70. The molecule has 0 atom stereocenters. The average molecular weight is 314 g/mol. The number of nitrogens with zero attached hydrogens (tertiary/aromatic N) is 2. The summed E-state index contributed by atoms with van der Waals surface area (Å²) in [5.74, 6) is 2.12. The van der Waals surface area contributed by atoms with E-state index in [0.29, 0.717) is 31.9 Å². The lowest BCUT2D eigenvalue weighted by molar-refractivity contribution is 0.283. The summed E-state index contributed by atoms with van der Waals surface area (Å²) in [5.41, 5.74) is 1.12. The van der Waals surface area contributed by atoms with Crippen molar-refractivity contribution in [1.82, 2.24) is 9.47 Å². The van der Waals surface area contributed by atoms with Gasteiger partial charge in [0, 0.05) is 31.9 Å². The first-order valence-electron chi connectivity index (χ1n) is 7.30. The Labute approximate surface area is 134 Å². The predicted molar refractivity (Wildman–Crippen MR) is 87.6 cm³/mol. The molecule has 0 unspecified atom stereocenters. The lowest BCUT2D eigenvalue weighted by atomic mass is 10.2. The van der Waals surface area contributed by atoms with Crippen LogP contribution in [-0.2, 0) is 13.1 Å². The van der Waals surface area contributed by atoms with Crippen molar-refractivity contribution >= 4 is 0 Å². The molecule has 1 heterocycles. The van der Waals surface area contributed by atoms with E-state index in [0.717, 1.165) is 5.56 Å². The highest BCUT2D eigenvalue weighted by Gasteiger charge is 2.08. The Balaban J connectivity index is 2.05. The van der Waals surface area contributed by atoms with Crippen LogP contribution in [0.25, 0.3) is 0 Å². The van der Waals surface area contributed by atoms with Gasteiger partial charge in [0.15, 0.2) is 5.75 Å². The Morgan fingerprint density at radius 2 is 2.00 bits per heavy atom. The van der Waals surface area contributed by atoms with Gasteiger partial charge < -0.3 is 9.67 Å². The minimum absolute atomic E-state index is 0.227. The third-order valence-corrected chi connectivity index (χ3v) is 3.70. The summed E-state index contributed by atoms with van der Waals surface area (Å²) in [4.78, 5) is 13.4. The van der Waals surface area contributed by atoms with Gasteiger partial charge in [-0.05, 0) is 24.6 Å². The Hall–Kier alpha value is -2.58. The molecule has 23 heavy (non-hydrogen) atoms. The second-order valence-electron chi connectivity index (χ2n) is 5.35. The summed E-state index contributed by atoms with van der Waals surface area (Å²) in [5, 5.41) is 9.70. The molecule has 0 radical (unpaired) electrons. The Morgan fingerprint density at radius 1 is 1.30 bits per heavy atom. The molecule has 0 amide bonds. The molecule has 1 aromatic carbocycles. The zero-order chi connectivity index (χ0) is 16.8. The molecule has 2 rings (SSSR count). The molecule has 0 spiro atoms. The summed E-state index contributed by atoms with van der Waals surface area (Å²) >= 11 is 0. The van der Waals surface area contributed by atoms with Gasteiger partial charge in [-0.1, -0.05) is 18.1 Å². The van der Waals surface area contributed by atoms with Gasteiger partial charge in [-0.25, -0.2) is 4.39 Å². The molecule has 0 bridgehead atoms. The smallest absolute Gasteiger partial charge is 0.223 e. The standard InChI is InChI=1S/C18H19FN2O2/c1-3-9-20(13-15-4-6-16(19)7-5-15)11-12-21-10-8-17(22)18(23)14(21)2/h1,4-8,10,23H,9,11-13H2,2H3. The van der Waals surface area contributed by atoms with E-state index in [-0.39, 0.29) is 17.0 Å². The predicted octanol–water partition coefficient (Wildman–Crippen LogP) is 2.14. The van der Waals surface area contributed by atoms with Crippen LogP contribution in [-0.4, -0.2) is 27.7 Å². The van der Waals surface area contributed by atoms with Gasteiger partial charge in [0.25, 0.3) is 0 Å². The van der Waals surface area contributed by atoms with Crippen LogP contribution in [0.2, 0.25) is 0 Å². The summed E-state index contributed by atoms with van der Waals surface area (Å²) < 4.78 is 14.8. The number of benzene rings is 1. The highest BCUT2D eigenvalue weighted by atomic mass is 19.1. The monoisotopic (exact) mass is 314 g/mol. The van der Waals surface area contributed by atoms with E-state index in [1.807, 2.05) is 9.47 Å². The number of hydrogen-bond donors (Lipinski definition) is 1. The quantitative estimate of drug-likeness (QED) is 0.831. The maximum Gasteiger partial charge on any atom is 0.223 e. The van der Waals surface area contributed by atoms with Crippen molar-refractivity contribution in [1.29, 1.82) is 0 Å². The molecule has 0 aliphatic carbocycles. The molecular weight excluding hydrogens is 295 g/mol. The zero-order valence-corrected chi connectivity index (χ0v) is 13.0. The summed E-state index contributed by atoms with van der Waals surface area (Å²) in [6.45, 7) is 3.99. The second-order valence-corrected chi connectivity index (χ2v) is 5.35. The van der Waals surface area contributed by atoms with Crippen LogP contribution in [0.3, 0.4) is 0 Å². The number of aromatic hydroxyl groups is 1. The van der Waals surface area contributed by atoms with Crippen LogP contribution < -0.4 is 5.43 Å². The van der Waals surface area contributed by atoms with Crippen molar-refractivity contribution in [2.45, 2.75) is 20.0 Å². The molecule has 0 saturated heterocycles. The van der Waals surface area contributed by atoms with Gasteiger partial charge in [-0.3, -0.25) is 9.69 Å². The summed E-state index contributed by atoms with van der Waals surface area (Å²) in [7, 11) is 0. The normalized spacial score (nSPS) is 10.7. The van der Waals surface area contributed by atoms with Gasteiger partial charge in [0.05, 0.1) is 12.2 Å². The Bertz CT molecular complexity index is 760. The van der Waals surface area contributed by atoms with Crippen molar-refractivity contribution < 1.29 is 9.50 Å². The van der Waals surface area contributed by atoms with E-state index in [2.05, 4.69) is 5.92 Å². The molecular formula is C18H19FN2O2. The number of halogens is 1. The highest BCUT2D eigenvalue weighted by Crippen LogP contribution is 2.10. The summed E-state index contributed by atoms with van der Waals surface area (Å²) in [6.07, 6.45) is 7.07. The number of hydrogen-bond acceptors (Lipinski definition) is 3. The highest BCUT2D eigenvalue weighted by molar-refractivity contribution is 5.25. The number of pyridine rings is 1. The lowest BCUT2D eigenvalue weighted by Gasteiger charge is -2.21. The van der Waals surface area contributed by atoms with E-state index >= 15 is 0 Å². The van der Waals surface area contributed by atoms with Gasteiger partial charge in [0.1, 0.15) is 5.82 Å². The lowest BCUT2D eigenvalue weighted by Crippen LogP contribution is -2.28. The van der Waals surface area contributed by atoms with Gasteiger partial charge in [0.2, 0.25) is 5.43 Å². The van der Waals surface area contributed by atoms with Crippen LogP contribution >= 0.6 is 0 Å². The van der Waals surface area contributed by atoms with Crippen molar-refractivity contribution in [2.24, 2.45) is 0 Å². The maximum absolute atomic E-state index is 13.0. The molecule has 2 aromatic rings. The van der Waals surface area contributed by atoms with Crippen molar-refractivity contribution in [3.63, 3.8) is 0 Å². The average Bonchev–Trinajstić information content (AvgIpc) is 2.54. The van der Waals surface area contributed by atoms with Gasteiger partial charge in [-0.2, -0.15) is 0 Å². The first-order chi connectivity index (χ1) is 11.0. The molecule has 120 valence electrons. The van der Waals surface area contributed by atoms with Crippen LogP contribution in [0.1, 0.15) is 11.3 Å². The van der Waals surface area contributed by atoms with Gasteiger partial charge >= 0.3 is 0 Å². The fourth-order valence-corrected chi connectivity index (χ4v) is 2.35. The zero-order valence-electron chi connectivity index (χ0n) is 13.0. The number of terminal acetylenes is 1. The van der Waals surface area contributed by atoms with E-state index in [1.54, 1.807) is 25.3 Å². The van der Waals surface area contributed by atoms with Crippen molar-refractivity contribution in [3.05, 3.63) is 63.8 Å². The molecule has 0 aliphatic rings. The molecule has 1 N–H and O–H groups in total. The first kappa shape index (κ1) is 16.8. The van der Waals surface area contributed by atoms with Crippen molar-refractivity contribution in [3.8, 4) is 18.1 Å². The van der Waals surface area contributed by atoms with Crippen LogP contribution in [0.4, 0.5) is 4.39 Å². The van der Waals surface area contributed by atoms with Crippen LogP contribution in [0.15, 0.2) is 41.3 Å². The number of aromatic nitrogens is 1. The summed E-state index contributed by atoms with van der Waals surface area (Å²) in [6, 6.07) is 7.65. The van der Waals surface area contributed by atoms with Gasteiger partial charge in [-0.15, -0.1) is 6.42 Å². The van der Waals surface area contributed by atoms with E-state index < -0.39 is 0 Å². The minimum Gasteiger partial charge on any atom is -0.503 e. The van der Waals surface area contributed by atoms with Crippen LogP contribution in [0.5, 0.6) is 5.75 Å². The minimum atomic E-state index is -0.384. The Morgan fingerprint density at radius 3 is 2.65 bits per heavy atom. The molecule has 0 aliphatic heterocycles. The Kier molecular flexibility index (Phi) is 5.56. The molecule has 0 saturated carbocycles. The molecule has 5 heteroatoms. The SMILES string of the molecule is C#CCN(CCn1ccc(=O)c(O)c1C)Cc1ccc(F)cc1. The van der Waals surface area contributed by atoms with E-state index in [1.165, 1.54) is 18.2 Å². The first-order valence-corrected chi connectivity index (χ1v) is 7.30. The molecule has 0 fully saturated rings. The van der Waals surface area contributed by atoms with Crippen molar-refractivity contribution in [2.75, 3.05) is 13.1 Å². The maximum atomic E-state index is 13.0. The third kappa shape index (κ3) is 4.44. The van der Waals surface area contributed by atoms with E-state index in [4.69, 9.17) is 6.42 Å².